The molecule has 8 heteroatoms. The Hall–Kier alpha value is -2.71. The van der Waals surface area contributed by atoms with Gasteiger partial charge in [-0.2, -0.15) is 0 Å². The third-order valence-electron chi connectivity index (χ3n) is 7.06. The van der Waals surface area contributed by atoms with Gasteiger partial charge in [0, 0.05) is 56.9 Å². The highest BCUT2D eigenvalue weighted by atomic mass is 16.5. The van der Waals surface area contributed by atoms with Gasteiger partial charge in [0.15, 0.2) is 0 Å². The molecule has 2 atom stereocenters. The maximum atomic E-state index is 12.7. The summed E-state index contributed by atoms with van der Waals surface area (Å²) in [5, 5.41) is 3.05. The van der Waals surface area contributed by atoms with E-state index in [4.69, 9.17) is 4.74 Å². The standard InChI is InChI=1S/C27H39N5O3/c1-19-14-20(2)17-31(16-19)18-23-7-5-4-6-22(23)15-28-25(33)9-8-24-21(3)29-27(30-26(24)34)32-10-12-35-13-11-32/h4-7,19-20H,8-18H2,1-3H3,(H,28,33)(H,29,30,34)/t19-,20+. The highest BCUT2D eigenvalue weighted by molar-refractivity contribution is 5.76. The molecule has 0 bridgehead atoms. The van der Waals surface area contributed by atoms with Gasteiger partial charge in [0.1, 0.15) is 0 Å². The molecule has 2 aliphatic heterocycles. The molecule has 2 aromatic rings. The fourth-order valence-electron chi connectivity index (χ4n) is 5.38. The summed E-state index contributed by atoms with van der Waals surface area (Å²) in [7, 11) is 0. The predicted molar refractivity (Wildman–Crippen MR) is 137 cm³/mol. The van der Waals surface area contributed by atoms with Crippen LogP contribution in [0.3, 0.4) is 0 Å². The summed E-state index contributed by atoms with van der Waals surface area (Å²) >= 11 is 0. The lowest BCUT2D eigenvalue weighted by molar-refractivity contribution is -0.121. The number of H-pyrrole nitrogens is 1. The van der Waals surface area contributed by atoms with E-state index < -0.39 is 0 Å². The number of aromatic amines is 1. The van der Waals surface area contributed by atoms with E-state index in [0.717, 1.165) is 37.0 Å². The van der Waals surface area contributed by atoms with Crippen molar-refractivity contribution in [3.63, 3.8) is 0 Å². The molecule has 3 heterocycles. The Kier molecular flexibility index (Phi) is 8.57. The molecule has 4 rings (SSSR count). The van der Waals surface area contributed by atoms with Gasteiger partial charge in [0.05, 0.1) is 13.2 Å². The van der Waals surface area contributed by atoms with E-state index in [1.165, 1.54) is 12.0 Å². The van der Waals surface area contributed by atoms with Crippen LogP contribution in [0.1, 0.15) is 49.1 Å². The second kappa shape index (κ2) is 11.8. The van der Waals surface area contributed by atoms with Gasteiger partial charge in [-0.25, -0.2) is 4.98 Å². The minimum atomic E-state index is -0.165. The molecular weight excluding hydrogens is 442 g/mol. The number of nitrogens with zero attached hydrogens (tertiary/aromatic N) is 3. The van der Waals surface area contributed by atoms with Crippen molar-refractivity contribution in [2.75, 3.05) is 44.3 Å². The highest BCUT2D eigenvalue weighted by Crippen LogP contribution is 2.23. The summed E-state index contributed by atoms with van der Waals surface area (Å²) in [6.45, 7) is 12.8. The topological polar surface area (TPSA) is 90.6 Å². The first-order valence-electron chi connectivity index (χ1n) is 12.9. The van der Waals surface area contributed by atoms with Crippen molar-refractivity contribution < 1.29 is 9.53 Å². The Labute approximate surface area is 208 Å². The second-order valence-electron chi connectivity index (χ2n) is 10.2. The Morgan fingerprint density at radius 2 is 1.83 bits per heavy atom. The number of nitrogens with one attached hydrogen (secondary N) is 2. The predicted octanol–water partition coefficient (Wildman–Crippen LogP) is 2.64. The van der Waals surface area contributed by atoms with Crippen LogP contribution in [0.2, 0.25) is 0 Å². The number of carbonyl (C=O) groups is 1. The lowest BCUT2D eigenvalue weighted by atomic mass is 9.91. The van der Waals surface area contributed by atoms with Gasteiger partial charge in [-0.1, -0.05) is 38.1 Å². The fourth-order valence-corrected chi connectivity index (χ4v) is 5.38. The van der Waals surface area contributed by atoms with Crippen LogP contribution in [0.5, 0.6) is 0 Å². The number of ether oxygens (including phenoxy) is 1. The molecule has 0 saturated carbocycles. The average Bonchev–Trinajstić information content (AvgIpc) is 2.83. The van der Waals surface area contributed by atoms with Crippen LogP contribution >= 0.6 is 0 Å². The van der Waals surface area contributed by atoms with Crippen LogP contribution in [-0.4, -0.2) is 60.2 Å². The lowest BCUT2D eigenvalue weighted by Crippen LogP contribution is -2.38. The number of carbonyl (C=O) groups excluding carboxylic acids is 1. The van der Waals surface area contributed by atoms with Crippen LogP contribution in [0, 0.1) is 18.8 Å². The largest absolute Gasteiger partial charge is 0.378 e. The van der Waals surface area contributed by atoms with Crippen LogP contribution in [0.4, 0.5) is 5.95 Å². The van der Waals surface area contributed by atoms with E-state index in [1.54, 1.807) is 0 Å². The monoisotopic (exact) mass is 481 g/mol. The van der Waals surface area contributed by atoms with Gasteiger partial charge in [-0.05, 0) is 42.7 Å². The fraction of sp³-hybridized carbons (Fsp3) is 0.593. The molecule has 190 valence electrons. The molecular formula is C27H39N5O3. The number of anilines is 1. The van der Waals surface area contributed by atoms with E-state index in [-0.39, 0.29) is 17.9 Å². The van der Waals surface area contributed by atoms with Crippen molar-refractivity contribution in [2.24, 2.45) is 11.8 Å². The van der Waals surface area contributed by atoms with Gasteiger partial charge < -0.3 is 15.0 Å². The SMILES string of the molecule is Cc1nc(N2CCOCC2)[nH]c(=O)c1CCC(=O)NCc1ccccc1CN1C[C@H](C)C[C@H](C)C1. The van der Waals surface area contributed by atoms with Gasteiger partial charge >= 0.3 is 0 Å². The van der Waals surface area contributed by atoms with Crippen LogP contribution in [0.25, 0.3) is 0 Å². The molecule has 8 nitrogen and oxygen atoms in total. The molecule has 2 N–H and O–H groups in total. The number of piperidine rings is 1. The molecule has 35 heavy (non-hydrogen) atoms. The van der Waals surface area contributed by atoms with Gasteiger partial charge in [0.2, 0.25) is 11.9 Å². The Balaban J connectivity index is 1.31. The van der Waals surface area contributed by atoms with Gasteiger partial charge in [-0.15, -0.1) is 0 Å². The Morgan fingerprint density at radius 3 is 2.51 bits per heavy atom. The number of aromatic nitrogens is 2. The number of likely N-dealkylation sites (tertiary alicyclic amines) is 1. The van der Waals surface area contributed by atoms with Crippen LogP contribution in [0.15, 0.2) is 29.1 Å². The number of amides is 1. The molecule has 2 fully saturated rings. The summed E-state index contributed by atoms with van der Waals surface area (Å²) in [5.74, 6) is 1.96. The Morgan fingerprint density at radius 1 is 1.14 bits per heavy atom. The van der Waals surface area contributed by atoms with Gasteiger partial charge in [0.25, 0.3) is 5.56 Å². The van der Waals surface area contributed by atoms with E-state index in [0.29, 0.717) is 56.5 Å². The van der Waals surface area contributed by atoms with E-state index >= 15 is 0 Å². The molecule has 0 spiro atoms. The van der Waals surface area contributed by atoms with E-state index in [2.05, 4.69) is 52.2 Å². The van der Waals surface area contributed by atoms with Crippen molar-refractivity contribution in [2.45, 2.75) is 53.1 Å². The lowest BCUT2D eigenvalue weighted by Gasteiger charge is -2.35. The smallest absolute Gasteiger partial charge is 0.255 e. The third kappa shape index (κ3) is 6.92. The molecule has 0 aliphatic carbocycles. The van der Waals surface area contributed by atoms with E-state index in [9.17, 15) is 9.59 Å². The molecule has 0 radical (unpaired) electrons. The molecule has 1 aromatic carbocycles. The van der Waals surface area contributed by atoms with Crippen molar-refractivity contribution >= 4 is 11.9 Å². The molecule has 1 amide bonds. The highest BCUT2D eigenvalue weighted by Gasteiger charge is 2.22. The zero-order chi connectivity index (χ0) is 24.8. The Bertz CT molecular complexity index is 1050. The molecule has 2 aliphatic rings. The number of aryl methyl sites for hydroxylation is 1. The van der Waals surface area contributed by atoms with Crippen molar-refractivity contribution in [1.82, 2.24) is 20.2 Å². The quantitative estimate of drug-likeness (QED) is 0.603. The third-order valence-corrected chi connectivity index (χ3v) is 7.06. The number of benzene rings is 1. The average molecular weight is 482 g/mol. The second-order valence-corrected chi connectivity index (χ2v) is 10.2. The first-order valence-corrected chi connectivity index (χ1v) is 12.9. The first-order chi connectivity index (χ1) is 16.9. The van der Waals surface area contributed by atoms with E-state index in [1.807, 2.05) is 17.9 Å². The van der Waals surface area contributed by atoms with Crippen molar-refractivity contribution in [3.8, 4) is 0 Å². The van der Waals surface area contributed by atoms with Crippen molar-refractivity contribution in [1.29, 1.82) is 0 Å². The maximum Gasteiger partial charge on any atom is 0.255 e. The summed E-state index contributed by atoms with van der Waals surface area (Å²) in [6, 6.07) is 8.35. The molecule has 0 unspecified atom stereocenters. The minimum absolute atomic E-state index is 0.0592. The van der Waals surface area contributed by atoms with Crippen molar-refractivity contribution in [3.05, 3.63) is 57.0 Å². The molecule has 1 aromatic heterocycles. The number of hydrogen-bond acceptors (Lipinski definition) is 6. The maximum absolute atomic E-state index is 12.7. The number of morpholine rings is 1. The summed E-state index contributed by atoms with van der Waals surface area (Å²) < 4.78 is 5.37. The first kappa shape index (κ1) is 25.4. The van der Waals surface area contributed by atoms with Crippen LogP contribution in [-0.2, 0) is 29.0 Å². The summed E-state index contributed by atoms with van der Waals surface area (Å²) in [6.07, 6.45) is 1.92. The zero-order valence-corrected chi connectivity index (χ0v) is 21.3. The normalized spacial score (nSPS) is 21.2. The summed E-state index contributed by atoms with van der Waals surface area (Å²) in [4.78, 5) is 37.4. The van der Waals surface area contributed by atoms with Gasteiger partial charge in [-0.3, -0.25) is 19.5 Å². The number of hydrogen-bond donors (Lipinski definition) is 2. The zero-order valence-electron chi connectivity index (χ0n) is 21.3. The molecule has 2 saturated heterocycles. The summed E-state index contributed by atoms with van der Waals surface area (Å²) in [5.41, 5.74) is 3.51. The van der Waals surface area contributed by atoms with Crippen LogP contribution < -0.4 is 15.8 Å². The number of rotatable bonds is 8. The minimum Gasteiger partial charge on any atom is -0.378 e.